The first kappa shape index (κ1) is 12.3. The fraction of sp³-hybridized carbons (Fsp3) is 1.00. The molecule has 2 fully saturated rings. The predicted molar refractivity (Wildman–Crippen MR) is 61.6 cm³/mol. The second-order valence-electron chi connectivity index (χ2n) is 4.79. The van der Waals surface area contributed by atoms with E-state index in [9.17, 15) is 13.5 Å². The summed E-state index contributed by atoms with van der Waals surface area (Å²) in [5.74, 6) is 0. The van der Waals surface area contributed by atoms with E-state index in [1.807, 2.05) is 0 Å². The zero-order valence-electron chi connectivity index (χ0n) is 9.67. The van der Waals surface area contributed by atoms with Gasteiger partial charge in [-0.15, -0.1) is 0 Å². The highest BCUT2D eigenvalue weighted by Gasteiger charge is 2.40. The van der Waals surface area contributed by atoms with Crippen LogP contribution < -0.4 is 0 Å². The molecule has 16 heavy (non-hydrogen) atoms. The van der Waals surface area contributed by atoms with Crippen molar-refractivity contribution in [2.75, 3.05) is 32.7 Å². The van der Waals surface area contributed by atoms with Crippen LogP contribution in [0.25, 0.3) is 0 Å². The molecular formula is C10H20N2O3S. The van der Waals surface area contributed by atoms with Gasteiger partial charge in [-0.1, -0.05) is 0 Å². The summed E-state index contributed by atoms with van der Waals surface area (Å²) in [7, 11) is -3.00. The Morgan fingerprint density at radius 2 is 1.81 bits per heavy atom. The SMILES string of the molecule is CC(O)CN1CCN(S(=O)(=O)C2CC2)CC1. The number of rotatable bonds is 4. The second-order valence-corrected chi connectivity index (χ2v) is 7.01. The standard InChI is InChI=1S/C10H20N2O3S/c1-9(13)8-11-4-6-12(7-5-11)16(14,15)10-2-3-10/h9-10,13H,2-8H2,1H3. The average Bonchev–Trinajstić information content (AvgIpc) is 3.00. The minimum atomic E-state index is -3.00. The molecule has 1 atom stereocenters. The second kappa shape index (κ2) is 4.60. The van der Waals surface area contributed by atoms with Crippen molar-refractivity contribution >= 4 is 10.0 Å². The molecular weight excluding hydrogens is 228 g/mol. The highest BCUT2D eigenvalue weighted by Crippen LogP contribution is 2.31. The molecule has 5 nitrogen and oxygen atoms in total. The largest absolute Gasteiger partial charge is 0.392 e. The molecule has 1 saturated carbocycles. The summed E-state index contributed by atoms with van der Waals surface area (Å²) in [4.78, 5) is 2.11. The van der Waals surface area contributed by atoms with Gasteiger partial charge >= 0.3 is 0 Å². The number of aliphatic hydroxyl groups is 1. The lowest BCUT2D eigenvalue weighted by Crippen LogP contribution is -2.50. The van der Waals surface area contributed by atoms with Crippen molar-refractivity contribution in [1.29, 1.82) is 0 Å². The molecule has 0 spiro atoms. The highest BCUT2D eigenvalue weighted by molar-refractivity contribution is 7.90. The molecule has 0 aromatic heterocycles. The maximum atomic E-state index is 11.9. The zero-order valence-corrected chi connectivity index (χ0v) is 10.5. The van der Waals surface area contributed by atoms with Crippen LogP contribution in [0, 0.1) is 0 Å². The monoisotopic (exact) mass is 248 g/mol. The minimum absolute atomic E-state index is 0.101. The van der Waals surface area contributed by atoms with Crippen molar-refractivity contribution < 1.29 is 13.5 Å². The topological polar surface area (TPSA) is 60.9 Å². The van der Waals surface area contributed by atoms with Gasteiger partial charge in [0, 0.05) is 32.7 Å². The number of hydrogen-bond donors (Lipinski definition) is 1. The smallest absolute Gasteiger partial charge is 0.217 e. The molecule has 1 aliphatic carbocycles. The van der Waals surface area contributed by atoms with Crippen LogP contribution in [0.3, 0.4) is 0 Å². The lowest BCUT2D eigenvalue weighted by molar-refractivity contribution is 0.103. The van der Waals surface area contributed by atoms with Crippen molar-refractivity contribution in [2.24, 2.45) is 0 Å². The van der Waals surface area contributed by atoms with Crippen LogP contribution in [0.15, 0.2) is 0 Å². The Morgan fingerprint density at radius 1 is 1.25 bits per heavy atom. The molecule has 0 radical (unpaired) electrons. The Labute approximate surface area is 97.1 Å². The Morgan fingerprint density at radius 3 is 2.25 bits per heavy atom. The molecule has 2 aliphatic rings. The van der Waals surface area contributed by atoms with Gasteiger partial charge in [0.15, 0.2) is 0 Å². The summed E-state index contributed by atoms with van der Waals surface area (Å²) in [5, 5.41) is 9.15. The van der Waals surface area contributed by atoms with Gasteiger partial charge in [0.1, 0.15) is 0 Å². The average molecular weight is 248 g/mol. The normalized spacial score (nSPS) is 26.9. The predicted octanol–water partition coefficient (Wildman–Crippen LogP) is -0.523. The zero-order chi connectivity index (χ0) is 11.8. The fourth-order valence-corrected chi connectivity index (χ4v) is 3.94. The van der Waals surface area contributed by atoms with Crippen LogP contribution in [0.2, 0.25) is 0 Å². The summed E-state index contributed by atoms with van der Waals surface area (Å²) >= 11 is 0. The first-order valence-electron chi connectivity index (χ1n) is 5.89. The van der Waals surface area contributed by atoms with Crippen molar-refractivity contribution in [3.05, 3.63) is 0 Å². The first-order valence-corrected chi connectivity index (χ1v) is 7.40. The van der Waals surface area contributed by atoms with E-state index in [1.54, 1.807) is 11.2 Å². The maximum Gasteiger partial charge on any atom is 0.217 e. The Kier molecular flexibility index (Phi) is 3.53. The molecule has 1 saturated heterocycles. The van der Waals surface area contributed by atoms with E-state index < -0.39 is 10.0 Å². The minimum Gasteiger partial charge on any atom is -0.392 e. The number of piperazine rings is 1. The van der Waals surface area contributed by atoms with Crippen LogP contribution in [0.1, 0.15) is 19.8 Å². The molecule has 1 unspecified atom stereocenters. The van der Waals surface area contributed by atoms with Gasteiger partial charge in [-0.05, 0) is 19.8 Å². The molecule has 94 valence electrons. The van der Waals surface area contributed by atoms with Crippen LogP contribution in [0.5, 0.6) is 0 Å². The van der Waals surface area contributed by atoms with E-state index >= 15 is 0 Å². The van der Waals surface area contributed by atoms with Gasteiger partial charge in [-0.2, -0.15) is 4.31 Å². The third-order valence-corrected chi connectivity index (χ3v) is 5.56. The third kappa shape index (κ3) is 2.74. The van der Waals surface area contributed by atoms with Crippen LogP contribution in [-0.4, -0.2) is 66.8 Å². The number of hydrogen-bond acceptors (Lipinski definition) is 4. The van der Waals surface area contributed by atoms with Crippen molar-refractivity contribution in [1.82, 2.24) is 9.21 Å². The lowest BCUT2D eigenvalue weighted by atomic mass is 10.3. The van der Waals surface area contributed by atoms with E-state index in [0.29, 0.717) is 19.6 Å². The van der Waals surface area contributed by atoms with Gasteiger partial charge in [0.25, 0.3) is 0 Å². The highest BCUT2D eigenvalue weighted by atomic mass is 32.2. The first-order chi connectivity index (χ1) is 7.50. The molecule has 2 rings (SSSR count). The molecule has 0 amide bonds. The van der Waals surface area contributed by atoms with Crippen molar-refractivity contribution in [3.8, 4) is 0 Å². The molecule has 0 bridgehead atoms. The summed E-state index contributed by atoms with van der Waals surface area (Å²) < 4.78 is 25.5. The third-order valence-electron chi connectivity index (χ3n) is 3.16. The Hall–Kier alpha value is -0.170. The van der Waals surface area contributed by atoms with Gasteiger partial charge in [-0.3, -0.25) is 4.90 Å². The molecule has 6 heteroatoms. The summed E-state index contributed by atoms with van der Waals surface area (Å²) in [6, 6.07) is 0. The van der Waals surface area contributed by atoms with Crippen LogP contribution >= 0.6 is 0 Å². The van der Waals surface area contributed by atoms with Gasteiger partial charge in [-0.25, -0.2) is 8.42 Å². The fourth-order valence-electron chi connectivity index (χ4n) is 2.12. The molecule has 1 heterocycles. The van der Waals surface area contributed by atoms with Gasteiger partial charge in [0.05, 0.1) is 11.4 Å². The van der Waals surface area contributed by atoms with E-state index in [-0.39, 0.29) is 11.4 Å². The molecule has 0 aromatic rings. The van der Waals surface area contributed by atoms with E-state index in [0.717, 1.165) is 25.9 Å². The number of nitrogens with zero attached hydrogens (tertiary/aromatic N) is 2. The van der Waals surface area contributed by atoms with Crippen LogP contribution in [0.4, 0.5) is 0 Å². The number of sulfonamides is 1. The van der Waals surface area contributed by atoms with E-state index in [2.05, 4.69) is 4.90 Å². The summed E-state index contributed by atoms with van der Waals surface area (Å²) in [5.41, 5.74) is 0. The molecule has 1 aliphatic heterocycles. The molecule has 0 aromatic carbocycles. The van der Waals surface area contributed by atoms with E-state index in [1.165, 1.54) is 0 Å². The lowest BCUT2D eigenvalue weighted by Gasteiger charge is -2.34. The quantitative estimate of drug-likeness (QED) is 0.727. The van der Waals surface area contributed by atoms with Crippen LogP contribution in [-0.2, 0) is 10.0 Å². The number of aliphatic hydroxyl groups excluding tert-OH is 1. The van der Waals surface area contributed by atoms with Crippen molar-refractivity contribution in [3.63, 3.8) is 0 Å². The molecule has 1 N–H and O–H groups in total. The number of β-amino-alcohol motifs (C(OH)–C–C–N with tert-alkyl or cyclic N) is 1. The van der Waals surface area contributed by atoms with Gasteiger partial charge < -0.3 is 5.11 Å². The Balaban J connectivity index is 1.85. The van der Waals surface area contributed by atoms with Gasteiger partial charge in [0.2, 0.25) is 10.0 Å². The Bertz CT molecular complexity index is 330. The van der Waals surface area contributed by atoms with Crippen molar-refractivity contribution in [2.45, 2.75) is 31.1 Å². The maximum absolute atomic E-state index is 11.9. The van der Waals surface area contributed by atoms with E-state index in [4.69, 9.17) is 0 Å². The summed E-state index contributed by atoms with van der Waals surface area (Å²) in [6.45, 7) is 5.01. The summed E-state index contributed by atoms with van der Waals surface area (Å²) in [6.07, 6.45) is 1.32.